The van der Waals surface area contributed by atoms with Crippen molar-refractivity contribution in [1.82, 2.24) is 25.0 Å². The van der Waals surface area contributed by atoms with Crippen molar-refractivity contribution in [3.63, 3.8) is 0 Å². The Morgan fingerprint density at radius 2 is 1.97 bits per heavy atom. The minimum Gasteiger partial charge on any atom is -0.496 e. The maximum atomic E-state index is 12.6. The molecule has 166 valence electrons. The highest BCUT2D eigenvalue weighted by Gasteiger charge is 2.19. The third kappa shape index (κ3) is 3.89. The van der Waals surface area contributed by atoms with Crippen LogP contribution in [0.3, 0.4) is 0 Å². The number of carbonyl (C=O) groups is 1. The Labute approximate surface area is 185 Å². The third-order valence-corrected chi connectivity index (χ3v) is 5.56. The maximum absolute atomic E-state index is 12.6. The van der Waals surface area contributed by atoms with E-state index in [1.807, 2.05) is 45.2 Å². The number of nitrogens with zero attached hydrogens (tertiary/aromatic N) is 4. The quantitative estimate of drug-likeness (QED) is 0.461. The molecule has 0 unspecified atom stereocenters. The number of anilines is 1. The fourth-order valence-corrected chi connectivity index (χ4v) is 3.94. The second-order valence-electron chi connectivity index (χ2n) is 7.55. The van der Waals surface area contributed by atoms with Gasteiger partial charge in [0.2, 0.25) is 11.8 Å². The average molecular weight is 435 g/mol. The van der Waals surface area contributed by atoms with Crippen LogP contribution in [0, 0.1) is 13.8 Å². The Bertz CT molecular complexity index is 1290. The van der Waals surface area contributed by atoms with E-state index in [0.29, 0.717) is 24.5 Å². The van der Waals surface area contributed by atoms with E-state index in [0.717, 1.165) is 44.9 Å². The van der Waals surface area contributed by atoms with Gasteiger partial charge in [-0.3, -0.25) is 9.89 Å². The Morgan fingerprint density at radius 1 is 1.19 bits per heavy atom. The van der Waals surface area contributed by atoms with E-state index in [-0.39, 0.29) is 5.91 Å². The van der Waals surface area contributed by atoms with E-state index in [1.54, 1.807) is 25.0 Å². The van der Waals surface area contributed by atoms with Gasteiger partial charge in [0.25, 0.3) is 0 Å². The maximum Gasteiger partial charge on any atom is 0.242 e. The first-order valence-corrected chi connectivity index (χ1v) is 10.3. The lowest BCUT2D eigenvalue weighted by molar-refractivity contribution is -0.116. The molecule has 0 aliphatic carbocycles. The lowest BCUT2D eigenvalue weighted by atomic mass is 10.00. The van der Waals surface area contributed by atoms with Gasteiger partial charge in [-0.2, -0.15) is 5.10 Å². The minimum absolute atomic E-state index is 0.125. The predicted molar refractivity (Wildman–Crippen MR) is 122 cm³/mol. The van der Waals surface area contributed by atoms with Crippen molar-refractivity contribution in [2.45, 2.75) is 26.7 Å². The molecule has 9 nitrogen and oxygen atoms in total. The van der Waals surface area contributed by atoms with Crippen molar-refractivity contribution in [3.05, 3.63) is 47.2 Å². The summed E-state index contributed by atoms with van der Waals surface area (Å²) in [7, 11) is 5.06. The minimum atomic E-state index is -0.125. The van der Waals surface area contributed by atoms with Crippen LogP contribution in [-0.4, -0.2) is 45.1 Å². The number of benzene rings is 1. The zero-order valence-electron chi connectivity index (χ0n) is 18.8. The number of methoxy groups -OCH3 is 2. The molecule has 1 amide bonds. The van der Waals surface area contributed by atoms with Crippen molar-refractivity contribution < 1.29 is 14.3 Å². The Morgan fingerprint density at radius 3 is 2.72 bits per heavy atom. The van der Waals surface area contributed by atoms with E-state index in [1.165, 1.54) is 0 Å². The molecule has 1 aromatic carbocycles. The molecule has 9 heteroatoms. The molecule has 0 aliphatic heterocycles. The number of aryl methyl sites for hydroxylation is 3. The third-order valence-electron chi connectivity index (χ3n) is 5.56. The van der Waals surface area contributed by atoms with E-state index in [9.17, 15) is 4.79 Å². The van der Waals surface area contributed by atoms with E-state index < -0.39 is 0 Å². The molecule has 3 aromatic heterocycles. The summed E-state index contributed by atoms with van der Waals surface area (Å²) in [5.74, 6) is 1.61. The standard InChI is InChI=1S/C23H26N6O3/c1-13-15(14(2)24-22-21(13)23(32-5)28-29(22)3)10-11-20(30)25-19-12-17(26-27-19)16-8-6-7-9-18(16)31-4/h6-9,12H,10-11H2,1-5H3,(H2,25,26,27,30). The average Bonchev–Trinajstić information content (AvgIpc) is 3.37. The van der Waals surface area contributed by atoms with Gasteiger partial charge in [0.15, 0.2) is 11.5 Å². The summed E-state index contributed by atoms with van der Waals surface area (Å²) in [5.41, 5.74) is 5.35. The zero-order valence-corrected chi connectivity index (χ0v) is 18.8. The summed E-state index contributed by atoms with van der Waals surface area (Å²) < 4.78 is 12.5. The molecular formula is C23H26N6O3. The monoisotopic (exact) mass is 434 g/mol. The Hall–Kier alpha value is -3.88. The first kappa shape index (κ1) is 21.4. The molecule has 3 heterocycles. The van der Waals surface area contributed by atoms with Crippen molar-refractivity contribution >= 4 is 22.8 Å². The Kier molecular flexibility index (Phi) is 5.81. The Balaban J connectivity index is 1.48. The van der Waals surface area contributed by atoms with Crippen LogP contribution >= 0.6 is 0 Å². The molecule has 0 spiro atoms. The van der Waals surface area contributed by atoms with Gasteiger partial charge in [0.05, 0.1) is 25.3 Å². The van der Waals surface area contributed by atoms with E-state index >= 15 is 0 Å². The number of aromatic nitrogens is 5. The molecular weight excluding hydrogens is 408 g/mol. The largest absolute Gasteiger partial charge is 0.496 e. The number of hydrogen-bond donors (Lipinski definition) is 2. The van der Waals surface area contributed by atoms with Crippen LogP contribution in [0.4, 0.5) is 5.82 Å². The van der Waals surface area contributed by atoms with Crippen LogP contribution in [0.15, 0.2) is 30.3 Å². The number of pyridine rings is 1. The molecule has 0 atom stereocenters. The molecule has 4 aromatic rings. The zero-order chi connectivity index (χ0) is 22.8. The fraction of sp³-hybridized carbons (Fsp3) is 0.304. The second kappa shape index (κ2) is 8.70. The van der Waals surface area contributed by atoms with Gasteiger partial charge >= 0.3 is 0 Å². The van der Waals surface area contributed by atoms with Crippen LogP contribution in [0.25, 0.3) is 22.3 Å². The van der Waals surface area contributed by atoms with Crippen molar-refractivity contribution in [2.24, 2.45) is 7.05 Å². The fourth-order valence-electron chi connectivity index (χ4n) is 3.94. The van der Waals surface area contributed by atoms with Gasteiger partial charge < -0.3 is 14.8 Å². The molecule has 0 saturated heterocycles. The number of carbonyl (C=O) groups excluding carboxylic acids is 1. The van der Waals surface area contributed by atoms with Crippen LogP contribution in [0.5, 0.6) is 11.6 Å². The SMILES string of the molecule is COc1ccccc1-c1cc(NC(=O)CCc2c(C)nc3c(c(OC)nn3C)c2C)n[nH]1. The van der Waals surface area contributed by atoms with Crippen LogP contribution in [0.2, 0.25) is 0 Å². The molecule has 4 rings (SSSR count). The highest BCUT2D eigenvalue weighted by atomic mass is 16.5. The summed E-state index contributed by atoms with van der Waals surface area (Å²) >= 11 is 0. The van der Waals surface area contributed by atoms with Crippen molar-refractivity contribution in [3.8, 4) is 22.9 Å². The summed E-state index contributed by atoms with van der Waals surface area (Å²) in [5, 5.41) is 15.3. The number of para-hydroxylation sites is 1. The first-order chi connectivity index (χ1) is 15.4. The summed E-state index contributed by atoms with van der Waals surface area (Å²) in [6.45, 7) is 3.97. The number of hydrogen-bond acceptors (Lipinski definition) is 6. The number of ether oxygens (including phenoxy) is 2. The van der Waals surface area contributed by atoms with Gasteiger partial charge in [0.1, 0.15) is 5.75 Å². The van der Waals surface area contributed by atoms with Crippen molar-refractivity contribution in [2.75, 3.05) is 19.5 Å². The number of fused-ring (bicyclic) bond motifs is 1. The lowest BCUT2D eigenvalue weighted by Crippen LogP contribution is -2.13. The van der Waals surface area contributed by atoms with Gasteiger partial charge in [-0.15, -0.1) is 5.10 Å². The van der Waals surface area contributed by atoms with Gasteiger partial charge in [0, 0.05) is 30.8 Å². The normalized spacial score (nSPS) is 11.0. The summed E-state index contributed by atoms with van der Waals surface area (Å²) in [4.78, 5) is 17.3. The smallest absolute Gasteiger partial charge is 0.242 e. The van der Waals surface area contributed by atoms with Gasteiger partial charge in [-0.1, -0.05) is 12.1 Å². The molecule has 0 aliphatic rings. The van der Waals surface area contributed by atoms with Gasteiger partial charge in [-0.05, 0) is 43.5 Å². The first-order valence-electron chi connectivity index (χ1n) is 10.3. The highest BCUT2D eigenvalue weighted by Crippen LogP contribution is 2.31. The summed E-state index contributed by atoms with van der Waals surface area (Å²) in [6.07, 6.45) is 0.850. The van der Waals surface area contributed by atoms with Gasteiger partial charge in [-0.25, -0.2) is 9.67 Å². The molecule has 32 heavy (non-hydrogen) atoms. The lowest BCUT2D eigenvalue weighted by Gasteiger charge is -2.11. The molecule has 0 bridgehead atoms. The number of H-pyrrole nitrogens is 1. The van der Waals surface area contributed by atoms with Crippen LogP contribution in [-0.2, 0) is 18.3 Å². The van der Waals surface area contributed by atoms with Crippen LogP contribution < -0.4 is 14.8 Å². The number of aromatic amines is 1. The van der Waals surface area contributed by atoms with E-state index in [2.05, 4.69) is 25.6 Å². The summed E-state index contributed by atoms with van der Waals surface area (Å²) in [6, 6.07) is 9.42. The number of amides is 1. The molecule has 0 saturated carbocycles. The molecule has 0 fully saturated rings. The second-order valence-corrected chi connectivity index (χ2v) is 7.55. The predicted octanol–water partition coefficient (Wildman–Crippen LogP) is 3.56. The van der Waals surface area contributed by atoms with E-state index in [4.69, 9.17) is 9.47 Å². The number of rotatable bonds is 7. The topological polar surface area (TPSA) is 107 Å². The van der Waals surface area contributed by atoms with Crippen LogP contribution in [0.1, 0.15) is 23.2 Å². The number of nitrogens with one attached hydrogen (secondary N) is 2. The molecule has 2 N–H and O–H groups in total. The highest BCUT2D eigenvalue weighted by molar-refractivity contribution is 5.91. The molecule has 0 radical (unpaired) electrons. The van der Waals surface area contributed by atoms with Crippen molar-refractivity contribution in [1.29, 1.82) is 0 Å².